The molecule has 2 heteroatoms. The molecule has 0 heterocycles. The number of nitrogens with zero attached hydrogens (tertiary/aromatic N) is 1. The molecule has 2 fully saturated rings. The van der Waals surface area contributed by atoms with Gasteiger partial charge in [0.2, 0.25) is 0 Å². The zero-order valence-electron chi connectivity index (χ0n) is 13.2. The molecule has 0 aliphatic heterocycles. The predicted molar refractivity (Wildman–Crippen MR) is 83.3 cm³/mol. The molecule has 2 N–H and O–H groups in total. The van der Waals surface area contributed by atoms with Crippen molar-refractivity contribution in [3.05, 3.63) is 0 Å². The molecule has 0 bridgehead atoms. The van der Waals surface area contributed by atoms with Crippen LogP contribution < -0.4 is 5.73 Å². The first-order valence-electron chi connectivity index (χ1n) is 8.66. The van der Waals surface area contributed by atoms with E-state index in [0.717, 1.165) is 18.5 Å². The van der Waals surface area contributed by atoms with Crippen LogP contribution in [-0.4, -0.2) is 29.6 Å². The van der Waals surface area contributed by atoms with Crippen LogP contribution in [-0.2, 0) is 0 Å². The third kappa shape index (κ3) is 4.75. The fraction of sp³-hybridized carbons (Fsp3) is 1.00. The smallest absolute Gasteiger partial charge is 0.0306 e. The van der Waals surface area contributed by atoms with Gasteiger partial charge in [-0.3, -0.25) is 4.90 Å². The van der Waals surface area contributed by atoms with Crippen molar-refractivity contribution in [3.8, 4) is 0 Å². The molecule has 0 spiro atoms. The molecule has 2 aliphatic carbocycles. The number of nitrogens with two attached hydrogens (primary N) is 1. The molecule has 0 saturated heterocycles. The summed E-state index contributed by atoms with van der Waals surface area (Å²) in [6, 6.07) is 0.866. The normalized spacial score (nSPS) is 22.7. The Labute approximate surface area is 120 Å². The van der Waals surface area contributed by atoms with Gasteiger partial charge < -0.3 is 5.73 Å². The summed E-state index contributed by atoms with van der Waals surface area (Å²) in [4.78, 5) is 2.80. The summed E-state index contributed by atoms with van der Waals surface area (Å²) in [6.07, 6.45) is 13.9. The topological polar surface area (TPSA) is 29.3 Å². The average Bonchev–Trinajstić information content (AvgIpc) is 3.28. The van der Waals surface area contributed by atoms with E-state index in [1.165, 1.54) is 70.8 Å². The van der Waals surface area contributed by atoms with Gasteiger partial charge in [-0.15, -0.1) is 0 Å². The lowest BCUT2D eigenvalue weighted by Crippen LogP contribution is -2.53. The minimum Gasteiger partial charge on any atom is -0.329 e. The SMILES string of the molecule is CCCCCCCC(C)(CN)N(CC1CC1)C1CC1. The molecule has 1 atom stereocenters. The maximum absolute atomic E-state index is 6.17. The Kier molecular flexibility index (Phi) is 5.70. The highest BCUT2D eigenvalue weighted by Crippen LogP contribution is 2.40. The van der Waals surface area contributed by atoms with Gasteiger partial charge >= 0.3 is 0 Å². The Balaban J connectivity index is 1.79. The van der Waals surface area contributed by atoms with Crippen LogP contribution in [0.25, 0.3) is 0 Å². The van der Waals surface area contributed by atoms with Crippen LogP contribution in [0.1, 0.15) is 78.1 Å². The second-order valence-electron chi connectivity index (χ2n) is 7.19. The Bertz CT molecular complexity index is 258. The maximum atomic E-state index is 6.17. The van der Waals surface area contributed by atoms with E-state index in [-0.39, 0.29) is 5.54 Å². The first kappa shape index (κ1) is 15.3. The third-order valence-electron chi connectivity index (χ3n) is 5.09. The number of hydrogen-bond acceptors (Lipinski definition) is 2. The van der Waals surface area contributed by atoms with Crippen molar-refractivity contribution in [3.63, 3.8) is 0 Å². The molecular weight excluding hydrogens is 232 g/mol. The second kappa shape index (κ2) is 7.08. The zero-order valence-corrected chi connectivity index (χ0v) is 13.2. The van der Waals surface area contributed by atoms with Crippen molar-refractivity contribution in [1.82, 2.24) is 4.90 Å². The first-order valence-corrected chi connectivity index (χ1v) is 8.66. The van der Waals surface area contributed by atoms with Crippen LogP contribution in [0.2, 0.25) is 0 Å². The molecule has 1 unspecified atom stereocenters. The van der Waals surface area contributed by atoms with Crippen molar-refractivity contribution in [2.45, 2.75) is 89.6 Å². The van der Waals surface area contributed by atoms with Crippen molar-refractivity contribution in [2.75, 3.05) is 13.1 Å². The van der Waals surface area contributed by atoms with Crippen LogP contribution in [0, 0.1) is 5.92 Å². The molecule has 0 amide bonds. The van der Waals surface area contributed by atoms with Crippen LogP contribution >= 0.6 is 0 Å². The molecule has 0 radical (unpaired) electrons. The average molecular weight is 266 g/mol. The quantitative estimate of drug-likeness (QED) is 0.574. The van der Waals surface area contributed by atoms with E-state index in [4.69, 9.17) is 5.73 Å². The van der Waals surface area contributed by atoms with Crippen LogP contribution in [0.5, 0.6) is 0 Å². The van der Waals surface area contributed by atoms with Gasteiger partial charge in [0.1, 0.15) is 0 Å². The van der Waals surface area contributed by atoms with Crippen LogP contribution in [0.4, 0.5) is 0 Å². The van der Waals surface area contributed by atoms with Crippen LogP contribution in [0.3, 0.4) is 0 Å². The highest BCUT2D eigenvalue weighted by atomic mass is 15.3. The monoisotopic (exact) mass is 266 g/mol. The first-order chi connectivity index (χ1) is 9.19. The van der Waals surface area contributed by atoms with Gasteiger partial charge in [-0.05, 0) is 44.9 Å². The Morgan fingerprint density at radius 1 is 1.05 bits per heavy atom. The lowest BCUT2D eigenvalue weighted by atomic mass is 9.91. The molecule has 0 aromatic carbocycles. The van der Waals surface area contributed by atoms with E-state index < -0.39 is 0 Å². The van der Waals surface area contributed by atoms with E-state index in [2.05, 4.69) is 18.7 Å². The van der Waals surface area contributed by atoms with E-state index in [9.17, 15) is 0 Å². The minimum absolute atomic E-state index is 0.274. The lowest BCUT2D eigenvalue weighted by molar-refractivity contribution is 0.0837. The number of hydrogen-bond donors (Lipinski definition) is 1. The van der Waals surface area contributed by atoms with Gasteiger partial charge in [0, 0.05) is 24.7 Å². The Morgan fingerprint density at radius 3 is 2.26 bits per heavy atom. The minimum atomic E-state index is 0.274. The predicted octanol–water partition coefficient (Wildman–Crippen LogP) is 3.94. The van der Waals surface area contributed by atoms with Crippen molar-refractivity contribution in [1.29, 1.82) is 0 Å². The summed E-state index contributed by atoms with van der Waals surface area (Å²) in [5.74, 6) is 0.992. The van der Waals surface area contributed by atoms with Gasteiger partial charge in [-0.1, -0.05) is 39.0 Å². The number of rotatable bonds is 11. The van der Waals surface area contributed by atoms with Gasteiger partial charge in [-0.25, -0.2) is 0 Å². The van der Waals surface area contributed by atoms with E-state index in [1.807, 2.05) is 0 Å². The Morgan fingerprint density at radius 2 is 1.74 bits per heavy atom. The maximum Gasteiger partial charge on any atom is 0.0306 e. The van der Waals surface area contributed by atoms with Crippen molar-refractivity contribution >= 4 is 0 Å². The summed E-state index contributed by atoms with van der Waals surface area (Å²) in [5, 5.41) is 0. The fourth-order valence-electron chi connectivity index (χ4n) is 3.25. The largest absolute Gasteiger partial charge is 0.329 e. The molecule has 0 aromatic heterocycles. The van der Waals surface area contributed by atoms with E-state index in [0.29, 0.717) is 0 Å². The van der Waals surface area contributed by atoms with Gasteiger partial charge in [0.25, 0.3) is 0 Å². The summed E-state index contributed by atoms with van der Waals surface area (Å²) >= 11 is 0. The highest BCUT2D eigenvalue weighted by Gasteiger charge is 2.42. The fourth-order valence-corrected chi connectivity index (χ4v) is 3.25. The zero-order chi connectivity index (χ0) is 13.7. The van der Waals surface area contributed by atoms with E-state index >= 15 is 0 Å². The summed E-state index contributed by atoms with van der Waals surface area (Å²) in [7, 11) is 0. The molecule has 2 rings (SSSR count). The molecule has 19 heavy (non-hydrogen) atoms. The second-order valence-corrected chi connectivity index (χ2v) is 7.19. The summed E-state index contributed by atoms with van der Waals surface area (Å²) in [6.45, 7) is 6.87. The third-order valence-corrected chi connectivity index (χ3v) is 5.09. The Hall–Kier alpha value is -0.0800. The summed E-state index contributed by atoms with van der Waals surface area (Å²) in [5.41, 5.74) is 6.44. The molecule has 2 nitrogen and oxygen atoms in total. The van der Waals surface area contributed by atoms with Gasteiger partial charge in [0.15, 0.2) is 0 Å². The van der Waals surface area contributed by atoms with Crippen molar-refractivity contribution in [2.24, 2.45) is 11.7 Å². The lowest BCUT2D eigenvalue weighted by Gasteiger charge is -2.41. The summed E-state index contributed by atoms with van der Waals surface area (Å²) < 4.78 is 0. The van der Waals surface area contributed by atoms with Gasteiger partial charge in [0.05, 0.1) is 0 Å². The molecule has 0 aromatic rings. The van der Waals surface area contributed by atoms with E-state index in [1.54, 1.807) is 0 Å². The van der Waals surface area contributed by atoms with Crippen molar-refractivity contribution < 1.29 is 0 Å². The van der Waals surface area contributed by atoms with Gasteiger partial charge in [-0.2, -0.15) is 0 Å². The molecule has 2 saturated carbocycles. The van der Waals surface area contributed by atoms with Crippen LogP contribution in [0.15, 0.2) is 0 Å². The number of unbranched alkanes of at least 4 members (excludes halogenated alkanes) is 4. The molecular formula is C17H34N2. The standard InChI is InChI=1S/C17H34N2/c1-3-4-5-6-7-12-17(2,14-18)19(16-10-11-16)13-15-8-9-15/h15-16H,3-14,18H2,1-2H3. The highest BCUT2D eigenvalue weighted by molar-refractivity contribution is 4.98. The molecule has 2 aliphatic rings. The molecule has 112 valence electrons.